The number of nitrogens with two attached hydrogens (primary N) is 1. The zero-order valence-electron chi connectivity index (χ0n) is 12.0. The van der Waals surface area contributed by atoms with Gasteiger partial charge in [0, 0.05) is 38.6 Å². The van der Waals surface area contributed by atoms with Gasteiger partial charge in [0.15, 0.2) is 5.82 Å². The van der Waals surface area contributed by atoms with Gasteiger partial charge in [-0.2, -0.15) is 4.98 Å². The first-order valence-electron chi connectivity index (χ1n) is 7.17. The molecule has 1 aliphatic heterocycles. The highest BCUT2D eigenvalue weighted by atomic mass is 16.5. The van der Waals surface area contributed by atoms with Crippen LogP contribution in [0.5, 0.6) is 0 Å². The fraction of sp³-hybridized carbons (Fsp3) is 0.846. The maximum atomic E-state index is 5.85. The molecular weight excluding hydrogens is 242 g/mol. The summed E-state index contributed by atoms with van der Waals surface area (Å²) >= 11 is 0. The summed E-state index contributed by atoms with van der Waals surface area (Å²) in [4.78, 5) is 9.11. The topological polar surface area (TPSA) is 71.4 Å². The molecule has 108 valence electrons. The number of hydrogen-bond acceptors (Lipinski definition) is 6. The summed E-state index contributed by atoms with van der Waals surface area (Å²) in [6, 6.07) is 0.379. The zero-order chi connectivity index (χ0) is 13.7. The van der Waals surface area contributed by atoms with Gasteiger partial charge in [-0.25, -0.2) is 0 Å². The van der Waals surface area contributed by atoms with Crippen LogP contribution in [-0.4, -0.2) is 59.2 Å². The first-order chi connectivity index (χ1) is 9.22. The highest BCUT2D eigenvalue weighted by molar-refractivity contribution is 4.90. The molecule has 6 nitrogen and oxygen atoms in total. The Morgan fingerprint density at radius 2 is 2.26 bits per heavy atom. The standard InChI is InChI=1S/C13H25N5O/c1-3-4-5-12-15-13(19-16-12)10-18-7-6-17(2)9-11(18)8-14/h11H,3-10,14H2,1-2H3. The van der Waals surface area contributed by atoms with Crippen molar-refractivity contribution in [3.8, 4) is 0 Å². The third-order valence-corrected chi connectivity index (χ3v) is 3.68. The van der Waals surface area contributed by atoms with Crippen molar-refractivity contribution in [1.82, 2.24) is 19.9 Å². The lowest BCUT2D eigenvalue weighted by Crippen LogP contribution is -2.54. The molecule has 1 saturated heterocycles. The molecule has 0 spiro atoms. The average Bonchev–Trinajstić information content (AvgIpc) is 2.86. The van der Waals surface area contributed by atoms with Gasteiger partial charge in [-0.3, -0.25) is 4.90 Å². The predicted molar refractivity (Wildman–Crippen MR) is 73.7 cm³/mol. The van der Waals surface area contributed by atoms with Gasteiger partial charge in [0.25, 0.3) is 0 Å². The second-order valence-corrected chi connectivity index (χ2v) is 5.33. The molecule has 6 heteroatoms. The molecule has 0 saturated carbocycles. The summed E-state index contributed by atoms with van der Waals surface area (Å²) in [5, 5.41) is 4.03. The quantitative estimate of drug-likeness (QED) is 0.808. The van der Waals surface area contributed by atoms with E-state index in [1.54, 1.807) is 0 Å². The fourth-order valence-electron chi connectivity index (χ4n) is 2.44. The minimum Gasteiger partial charge on any atom is -0.338 e. The Kier molecular flexibility index (Phi) is 5.30. The minimum atomic E-state index is 0.379. The molecule has 2 rings (SSSR count). The number of piperazine rings is 1. The van der Waals surface area contributed by atoms with Gasteiger partial charge < -0.3 is 15.2 Å². The van der Waals surface area contributed by atoms with Crippen molar-refractivity contribution >= 4 is 0 Å². The Morgan fingerprint density at radius 1 is 1.42 bits per heavy atom. The second-order valence-electron chi connectivity index (χ2n) is 5.33. The number of likely N-dealkylation sites (N-methyl/N-ethyl adjacent to an activating group) is 1. The molecule has 1 unspecified atom stereocenters. The summed E-state index contributed by atoms with van der Waals surface area (Å²) in [5.41, 5.74) is 5.85. The zero-order valence-corrected chi connectivity index (χ0v) is 12.0. The summed E-state index contributed by atoms with van der Waals surface area (Å²) in [7, 11) is 2.13. The Balaban J connectivity index is 1.90. The Labute approximate surface area is 114 Å². The van der Waals surface area contributed by atoms with E-state index in [1.807, 2.05) is 0 Å². The van der Waals surface area contributed by atoms with Crippen molar-refractivity contribution < 1.29 is 4.52 Å². The Hall–Kier alpha value is -0.980. The molecule has 1 aromatic heterocycles. The van der Waals surface area contributed by atoms with E-state index >= 15 is 0 Å². The summed E-state index contributed by atoms with van der Waals surface area (Å²) in [6.07, 6.45) is 3.17. The van der Waals surface area contributed by atoms with Gasteiger partial charge in [0.1, 0.15) is 0 Å². The lowest BCUT2D eigenvalue weighted by atomic mass is 10.2. The molecule has 2 N–H and O–H groups in total. The SMILES string of the molecule is CCCCc1noc(CN2CCN(C)CC2CN)n1. The van der Waals surface area contributed by atoms with Crippen molar-refractivity contribution in [3.63, 3.8) is 0 Å². The first kappa shape index (κ1) is 14.4. The molecule has 0 bridgehead atoms. The number of hydrogen-bond donors (Lipinski definition) is 1. The minimum absolute atomic E-state index is 0.379. The number of aryl methyl sites for hydroxylation is 1. The van der Waals surface area contributed by atoms with Gasteiger partial charge in [0.05, 0.1) is 6.54 Å². The molecule has 0 aromatic carbocycles. The Bertz CT molecular complexity index is 381. The fourth-order valence-corrected chi connectivity index (χ4v) is 2.44. The molecule has 1 aromatic rings. The van der Waals surface area contributed by atoms with E-state index in [-0.39, 0.29) is 0 Å². The lowest BCUT2D eigenvalue weighted by molar-refractivity contribution is 0.0784. The van der Waals surface area contributed by atoms with Crippen LogP contribution in [0, 0.1) is 0 Å². The number of aromatic nitrogens is 2. The molecular formula is C13H25N5O. The molecule has 0 aliphatic carbocycles. The van der Waals surface area contributed by atoms with E-state index in [4.69, 9.17) is 10.3 Å². The van der Waals surface area contributed by atoms with E-state index in [0.29, 0.717) is 18.5 Å². The van der Waals surface area contributed by atoms with Crippen LogP contribution in [-0.2, 0) is 13.0 Å². The molecule has 0 radical (unpaired) electrons. The largest absolute Gasteiger partial charge is 0.338 e. The molecule has 1 fully saturated rings. The smallest absolute Gasteiger partial charge is 0.240 e. The van der Waals surface area contributed by atoms with E-state index in [9.17, 15) is 0 Å². The molecule has 1 aliphatic rings. The van der Waals surface area contributed by atoms with Crippen LogP contribution in [0.15, 0.2) is 4.52 Å². The normalized spacial score (nSPS) is 21.9. The van der Waals surface area contributed by atoms with Crippen LogP contribution < -0.4 is 5.73 Å². The monoisotopic (exact) mass is 267 g/mol. The van der Waals surface area contributed by atoms with E-state index < -0.39 is 0 Å². The van der Waals surface area contributed by atoms with E-state index in [0.717, 1.165) is 51.3 Å². The van der Waals surface area contributed by atoms with E-state index in [1.165, 1.54) is 0 Å². The van der Waals surface area contributed by atoms with Crippen LogP contribution in [0.4, 0.5) is 0 Å². The van der Waals surface area contributed by atoms with Gasteiger partial charge in [-0.1, -0.05) is 18.5 Å². The Morgan fingerprint density at radius 3 is 3.00 bits per heavy atom. The first-order valence-corrected chi connectivity index (χ1v) is 7.17. The van der Waals surface area contributed by atoms with Crippen LogP contribution in [0.25, 0.3) is 0 Å². The van der Waals surface area contributed by atoms with E-state index in [2.05, 4.69) is 33.9 Å². The predicted octanol–water partition coefficient (Wildman–Crippen LogP) is 0.487. The average molecular weight is 267 g/mol. The van der Waals surface area contributed by atoms with Crippen molar-refractivity contribution in [1.29, 1.82) is 0 Å². The van der Waals surface area contributed by atoms with Crippen molar-refractivity contribution in [2.24, 2.45) is 5.73 Å². The number of nitrogens with zero attached hydrogens (tertiary/aromatic N) is 4. The van der Waals surface area contributed by atoms with Crippen LogP contribution in [0.3, 0.4) is 0 Å². The summed E-state index contributed by atoms with van der Waals surface area (Å²) in [5.74, 6) is 1.55. The molecule has 1 atom stereocenters. The highest BCUT2D eigenvalue weighted by Crippen LogP contribution is 2.12. The summed E-state index contributed by atoms with van der Waals surface area (Å²) in [6.45, 7) is 6.62. The van der Waals surface area contributed by atoms with Crippen LogP contribution in [0.2, 0.25) is 0 Å². The van der Waals surface area contributed by atoms with Crippen LogP contribution >= 0.6 is 0 Å². The second kappa shape index (κ2) is 6.98. The van der Waals surface area contributed by atoms with Crippen molar-refractivity contribution in [3.05, 3.63) is 11.7 Å². The maximum Gasteiger partial charge on any atom is 0.240 e. The van der Waals surface area contributed by atoms with Gasteiger partial charge >= 0.3 is 0 Å². The van der Waals surface area contributed by atoms with Crippen LogP contribution in [0.1, 0.15) is 31.5 Å². The molecule has 0 amide bonds. The number of rotatable bonds is 6. The van der Waals surface area contributed by atoms with Gasteiger partial charge in [-0.15, -0.1) is 0 Å². The molecule has 2 heterocycles. The third-order valence-electron chi connectivity index (χ3n) is 3.68. The third kappa shape index (κ3) is 3.99. The number of unbranched alkanes of at least 4 members (excludes halogenated alkanes) is 1. The van der Waals surface area contributed by atoms with Crippen molar-refractivity contribution in [2.75, 3.05) is 33.2 Å². The summed E-state index contributed by atoms with van der Waals surface area (Å²) < 4.78 is 5.33. The maximum absolute atomic E-state index is 5.85. The highest BCUT2D eigenvalue weighted by Gasteiger charge is 2.25. The van der Waals surface area contributed by atoms with Gasteiger partial charge in [0.2, 0.25) is 5.89 Å². The molecule has 19 heavy (non-hydrogen) atoms. The van der Waals surface area contributed by atoms with Crippen molar-refractivity contribution in [2.45, 2.75) is 38.8 Å². The lowest BCUT2D eigenvalue weighted by Gasteiger charge is -2.38. The van der Waals surface area contributed by atoms with Gasteiger partial charge in [-0.05, 0) is 13.5 Å².